The molecule has 5 heteroatoms. The fourth-order valence-electron chi connectivity index (χ4n) is 0.708. The number of nitrogens with zero attached hydrogens (tertiary/aromatic N) is 1. The van der Waals surface area contributed by atoms with Crippen molar-refractivity contribution in [2.24, 2.45) is 0 Å². The van der Waals surface area contributed by atoms with Gasteiger partial charge >= 0.3 is 0 Å². The molecule has 2 radical (unpaired) electrons. The Balaban J connectivity index is 0. The molecule has 1 heterocycles. The molecule has 0 aliphatic rings. The first-order valence-electron chi connectivity index (χ1n) is 6.72. The van der Waals surface area contributed by atoms with Gasteiger partial charge in [0.05, 0.1) is 23.5 Å². The van der Waals surface area contributed by atoms with E-state index in [4.69, 9.17) is 22.8 Å². The lowest BCUT2D eigenvalue weighted by atomic mass is 9.90. The maximum atomic E-state index is 9.10. The van der Waals surface area contributed by atoms with Crippen LogP contribution in [0.1, 0.15) is 47.2 Å². The predicted octanol–water partition coefficient (Wildman–Crippen LogP) is 1.58. The molecule has 0 saturated carbocycles. The van der Waals surface area contributed by atoms with Crippen LogP contribution in [0, 0.1) is 0 Å². The molecule has 0 saturated heterocycles. The number of methoxy groups -OCH3 is 1. The topological polar surface area (TPSA) is 62.6 Å². The average Bonchev–Trinajstić information content (AvgIpc) is 2.33. The van der Waals surface area contributed by atoms with Crippen LogP contribution in [0.2, 0.25) is 0 Å². The van der Waals surface area contributed by atoms with E-state index in [-0.39, 0.29) is 0 Å². The molecular weight excluding hydrogens is 253 g/mol. The zero-order chi connectivity index (χ0) is 16.4. The quantitative estimate of drug-likeness (QED) is 0.826. The average molecular weight is 281 g/mol. The van der Waals surface area contributed by atoms with Crippen molar-refractivity contribution < 1.29 is 14.9 Å². The number of ether oxygens (including phenoxy) is 1. The molecule has 0 aliphatic heterocycles. The van der Waals surface area contributed by atoms with Gasteiger partial charge in [0, 0.05) is 13.3 Å². The van der Waals surface area contributed by atoms with Crippen LogP contribution in [0.3, 0.4) is 0 Å². The molecule has 114 valence electrons. The molecule has 0 spiro atoms. The van der Waals surface area contributed by atoms with E-state index in [1.807, 2.05) is 13.8 Å². The summed E-state index contributed by atoms with van der Waals surface area (Å²) < 4.78 is 4.87. The van der Waals surface area contributed by atoms with Gasteiger partial charge in [-0.1, -0.05) is 25.4 Å². The van der Waals surface area contributed by atoms with Gasteiger partial charge in [-0.15, -0.1) is 0 Å². The summed E-state index contributed by atoms with van der Waals surface area (Å²) in [6, 6.07) is 3.61. The number of aromatic nitrogens is 1. The van der Waals surface area contributed by atoms with Gasteiger partial charge in [-0.05, 0) is 33.8 Å². The van der Waals surface area contributed by atoms with E-state index >= 15 is 0 Å². The van der Waals surface area contributed by atoms with E-state index in [0.717, 1.165) is 5.69 Å². The van der Waals surface area contributed by atoms with Crippen LogP contribution in [0.25, 0.3) is 0 Å². The van der Waals surface area contributed by atoms with Crippen molar-refractivity contribution in [2.75, 3.05) is 7.11 Å². The van der Waals surface area contributed by atoms with Crippen LogP contribution in [-0.4, -0.2) is 41.4 Å². The molecule has 0 unspecified atom stereocenters. The van der Waals surface area contributed by atoms with Crippen molar-refractivity contribution in [1.82, 2.24) is 4.98 Å². The first-order chi connectivity index (χ1) is 9.09. The number of aliphatic hydroxyl groups is 2. The summed E-state index contributed by atoms with van der Waals surface area (Å²) in [5.41, 5.74) is -0.533. The second-order valence-electron chi connectivity index (χ2n) is 5.09. The molecule has 20 heavy (non-hydrogen) atoms. The van der Waals surface area contributed by atoms with E-state index in [2.05, 4.69) is 4.98 Å². The van der Waals surface area contributed by atoms with Crippen LogP contribution in [-0.2, 0) is 11.3 Å². The fraction of sp³-hybridized carbons (Fsp3) is 0.667. The van der Waals surface area contributed by atoms with Gasteiger partial charge in [-0.3, -0.25) is 4.98 Å². The third kappa shape index (κ3) is 9.07. The highest BCUT2D eigenvalue weighted by Gasteiger charge is 2.31. The lowest BCUT2D eigenvalue weighted by Gasteiger charge is -2.31. The van der Waals surface area contributed by atoms with Gasteiger partial charge in [0.25, 0.3) is 0 Å². The van der Waals surface area contributed by atoms with E-state index in [1.54, 1.807) is 53.1 Å². The van der Waals surface area contributed by atoms with E-state index in [0.29, 0.717) is 12.1 Å². The molecule has 1 aromatic heterocycles. The van der Waals surface area contributed by atoms with Crippen molar-refractivity contribution in [3.8, 4) is 0 Å². The maximum Gasteiger partial charge on any atom is 0.116 e. The van der Waals surface area contributed by atoms with Crippen molar-refractivity contribution in [1.29, 1.82) is 0 Å². The Kier molecular flexibility index (Phi) is 10.6. The van der Waals surface area contributed by atoms with Gasteiger partial charge in [-0.25, -0.2) is 0 Å². The van der Waals surface area contributed by atoms with Gasteiger partial charge < -0.3 is 14.9 Å². The van der Waals surface area contributed by atoms with Gasteiger partial charge in [0.15, 0.2) is 0 Å². The molecule has 0 fully saturated rings. The minimum absolute atomic E-state index is 0.479. The van der Waals surface area contributed by atoms with Crippen molar-refractivity contribution in [3.63, 3.8) is 0 Å². The van der Waals surface area contributed by atoms with Gasteiger partial charge in [-0.2, -0.15) is 0 Å². The molecule has 0 aliphatic carbocycles. The maximum absolute atomic E-state index is 9.10. The Morgan fingerprint density at radius 2 is 1.60 bits per heavy atom. The number of pyridine rings is 1. The Morgan fingerprint density at radius 1 is 1.15 bits per heavy atom. The van der Waals surface area contributed by atoms with Crippen molar-refractivity contribution in [3.05, 3.63) is 24.0 Å². The summed E-state index contributed by atoms with van der Waals surface area (Å²) in [6.45, 7) is 10.8. The Bertz CT molecular complexity index is 345. The SMILES string of the molecule is CC.CC(C)(O)C(C)(C)O.[B]c1cccnc1COC. The predicted molar refractivity (Wildman–Crippen MR) is 84.3 cm³/mol. The highest BCUT2D eigenvalue weighted by atomic mass is 16.5. The molecule has 0 aromatic carbocycles. The molecule has 0 atom stereocenters. The summed E-state index contributed by atoms with van der Waals surface area (Å²) in [4.78, 5) is 4.02. The van der Waals surface area contributed by atoms with Gasteiger partial charge in [0.2, 0.25) is 0 Å². The van der Waals surface area contributed by atoms with Crippen LogP contribution in [0.15, 0.2) is 18.3 Å². The number of rotatable bonds is 3. The Hall–Kier alpha value is -0.905. The monoisotopic (exact) mass is 281 g/mol. The lowest BCUT2D eigenvalue weighted by molar-refractivity contribution is -0.107. The molecule has 1 rings (SSSR count). The third-order valence-corrected chi connectivity index (χ3v) is 2.70. The normalized spacial score (nSPS) is 10.8. The number of hydrogen-bond donors (Lipinski definition) is 2. The summed E-state index contributed by atoms with van der Waals surface area (Å²) in [5.74, 6) is 0. The summed E-state index contributed by atoms with van der Waals surface area (Å²) in [7, 11) is 7.18. The molecule has 0 amide bonds. The number of hydrogen-bond acceptors (Lipinski definition) is 4. The molecule has 4 nitrogen and oxygen atoms in total. The zero-order valence-corrected chi connectivity index (χ0v) is 13.8. The molecule has 2 N–H and O–H groups in total. The highest BCUT2D eigenvalue weighted by molar-refractivity contribution is 6.33. The summed E-state index contributed by atoms with van der Waals surface area (Å²) in [5, 5.41) is 18.2. The lowest BCUT2D eigenvalue weighted by Crippen LogP contribution is -2.44. The molecular formula is C15H28BNO3. The Morgan fingerprint density at radius 3 is 1.90 bits per heavy atom. The zero-order valence-electron chi connectivity index (χ0n) is 13.8. The standard InChI is InChI=1S/C7H8BNO.C6H14O2.C2H6/c1-10-5-7-6(8)3-2-4-9-7;1-5(2,7)6(3,4)8;1-2/h2-4H,5H2,1H3;7-8H,1-4H3;1-2H3. The first kappa shape index (κ1) is 21.4. The smallest absolute Gasteiger partial charge is 0.116 e. The van der Waals surface area contributed by atoms with Crippen molar-refractivity contribution in [2.45, 2.75) is 59.4 Å². The van der Waals surface area contributed by atoms with E-state index < -0.39 is 11.2 Å². The second-order valence-corrected chi connectivity index (χ2v) is 5.09. The van der Waals surface area contributed by atoms with Crippen LogP contribution in [0.4, 0.5) is 0 Å². The molecule has 1 aromatic rings. The highest BCUT2D eigenvalue weighted by Crippen LogP contribution is 2.19. The largest absolute Gasteiger partial charge is 0.387 e. The summed E-state index contributed by atoms with van der Waals surface area (Å²) in [6.07, 6.45) is 1.70. The Labute approximate surface area is 124 Å². The molecule has 0 bridgehead atoms. The third-order valence-electron chi connectivity index (χ3n) is 2.70. The van der Waals surface area contributed by atoms with Crippen LogP contribution < -0.4 is 5.46 Å². The minimum Gasteiger partial charge on any atom is -0.387 e. The second kappa shape index (κ2) is 9.91. The van der Waals surface area contributed by atoms with E-state index in [9.17, 15) is 0 Å². The van der Waals surface area contributed by atoms with E-state index in [1.165, 1.54) is 0 Å². The van der Waals surface area contributed by atoms with Crippen molar-refractivity contribution >= 4 is 13.3 Å². The van der Waals surface area contributed by atoms with Crippen LogP contribution >= 0.6 is 0 Å². The van der Waals surface area contributed by atoms with Gasteiger partial charge in [0.1, 0.15) is 7.85 Å². The fourth-order valence-corrected chi connectivity index (χ4v) is 0.708. The van der Waals surface area contributed by atoms with Crippen LogP contribution in [0.5, 0.6) is 0 Å². The summed E-state index contributed by atoms with van der Waals surface area (Å²) >= 11 is 0. The first-order valence-corrected chi connectivity index (χ1v) is 6.72. The minimum atomic E-state index is -1.01.